The van der Waals surface area contributed by atoms with Crippen LogP contribution in [0.25, 0.3) is 0 Å². The number of esters is 1. The van der Waals surface area contributed by atoms with E-state index in [1.165, 1.54) is 30.5 Å². The van der Waals surface area contributed by atoms with Crippen LogP contribution in [0.4, 0.5) is 5.69 Å². The predicted molar refractivity (Wildman–Crippen MR) is 99.5 cm³/mol. The molecule has 4 heteroatoms. The zero-order valence-electron chi connectivity index (χ0n) is 15.4. The second-order valence-electron chi connectivity index (χ2n) is 6.81. The molecule has 0 amide bonds. The van der Waals surface area contributed by atoms with Crippen molar-refractivity contribution < 1.29 is 9.53 Å². The van der Waals surface area contributed by atoms with E-state index >= 15 is 0 Å². The normalized spacial score (nSPS) is 17.4. The molecule has 0 radical (unpaired) electrons. The van der Waals surface area contributed by atoms with Crippen LogP contribution in [0.5, 0.6) is 0 Å². The molecule has 1 aromatic rings. The zero-order chi connectivity index (χ0) is 17.5. The van der Waals surface area contributed by atoms with E-state index in [2.05, 4.69) is 36.9 Å². The van der Waals surface area contributed by atoms with E-state index in [4.69, 9.17) is 10.5 Å². The summed E-state index contributed by atoms with van der Waals surface area (Å²) in [5.74, 6) is 0.184. The summed E-state index contributed by atoms with van der Waals surface area (Å²) in [5, 5.41) is 0. The molecule has 2 N–H and O–H groups in total. The fourth-order valence-corrected chi connectivity index (χ4v) is 3.35. The highest BCUT2D eigenvalue weighted by molar-refractivity contribution is 5.76. The van der Waals surface area contributed by atoms with Crippen molar-refractivity contribution in [1.82, 2.24) is 0 Å². The lowest BCUT2D eigenvalue weighted by atomic mass is 9.92. The first-order valence-electron chi connectivity index (χ1n) is 9.36. The van der Waals surface area contributed by atoms with Gasteiger partial charge in [-0.25, -0.2) is 0 Å². The van der Waals surface area contributed by atoms with Crippen molar-refractivity contribution in [2.75, 3.05) is 24.6 Å². The number of benzene rings is 1. The number of carbonyl (C=O) groups excluding carboxylic acids is 1. The molecule has 2 unspecified atom stereocenters. The van der Waals surface area contributed by atoms with Gasteiger partial charge in [-0.2, -0.15) is 0 Å². The van der Waals surface area contributed by atoms with Crippen LogP contribution in [-0.4, -0.2) is 31.7 Å². The van der Waals surface area contributed by atoms with Gasteiger partial charge in [0.1, 0.15) is 6.04 Å². The molecule has 4 nitrogen and oxygen atoms in total. The molecule has 0 bridgehead atoms. The molecule has 1 saturated heterocycles. The lowest BCUT2D eigenvalue weighted by Crippen LogP contribution is -2.34. The summed E-state index contributed by atoms with van der Waals surface area (Å²) in [4.78, 5) is 14.3. The van der Waals surface area contributed by atoms with Crippen LogP contribution in [0.1, 0.15) is 63.5 Å². The molecule has 0 aliphatic carbocycles. The first-order valence-corrected chi connectivity index (χ1v) is 9.36. The Hall–Kier alpha value is -1.55. The standard InChI is InChI=1S/C20H32N2O2/c1-4-15(3)17-13-16(14-18(21)20(23)24-5-2)9-10-19(17)22-11-7-6-8-12-22/h9-10,13,15,18H,4-8,11-12,14,21H2,1-3H3. The average molecular weight is 332 g/mol. The van der Waals surface area contributed by atoms with E-state index in [-0.39, 0.29) is 5.97 Å². The summed E-state index contributed by atoms with van der Waals surface area (Å²) in [6.45, 7) is 8.97. The fourth-order valence-electron chi connectivity index (χ4n) is 3.35. The van der Waals surface area contributed by atoms with E-state index in [0.717, 1.165) is 25.1 Å². The summed E-state index contributed by atoms with van der Waals surface area (Å²) < 4.78 is 5.02. The number of piperidine rings is 1. The number of carbonyl (C=O) groups is 1. The topological polar surface area (TPSA) is 55.6 Å². The van der Waals surface area contributed by atoms with Gasteiger partial charge in [-0.15, -0.1) is 0 Å². The molecule has 2 atom stereocenters. The smallest absolute Gasteiger partial charge is 0.323 e. The Morgan fingerprint density at radius 3 is 2.58 bits per heavy atom. The molecule has 0 spiro atoms. The zero-order valence-corrected chi connectivity index (χ0v) is 15.4. The molecule has 24 heavy (non-hydrogen) atoms. The summed E-state index contributed by atoms with van der Waals surface area (Å²) in [6, 6.07) is 6.00. The molecule has 0 aromatic heterocycles. The van der Waals surface area contributed by atoms with Gasteiger partial charge in [0.05, 0.1) is 6.61 Å². The second-order valence-corrected chi connectivity index (χ2v) is 6.81. The molecule has 1 aliphatic heterocycles. The third-order valence-corrected chi connectivity index (χ3v) is 4.98. The number of nitrogens with zero attached hydrogens (tertiary/aromatic N) is 1. The fraction of sp³-hybridized carbons (Fsp3) is 0.650. The third-order valence-electron chi connectivity index (χ3n) is 4.98. The summed E-state index contributed by atoms with van der Waals surface area (Å²) in [6.07, 6.45) is 5.52. The predicted octanol–water partition coefficient (Wildman–Crippen LogP) is 3.62. The minimum absolute atomic E-state index is 0.317. The number of hydrogen-bond donors (Lipinski definition) is 1. The van der Waals surface area contributed by atoms with E-state index in [1.54, 1.807) is 6.92 Å². The van der Waals surface area contributed by atoms with E-state index in [0.29, 0.717) is 18.9 Å². The van der Waals surface area contributed by atoms with Crippen molar-refractivity contribution in [1.29, 1.82) is 0 Å². The molecule has 0 saturated carbocycles. The van der Waals surface area contributed by atoms with Gasteiger partial charge in [0.15, 0.2) is 0 Å². The van der Waals surface area contributed by atoms with E-state index in [9.17, 15) is 4.79 Å². The molecule has 2 rings (SSSR count). The molecule has 1 heterocycles. The quantitative estimate of drug-likeness (QED) is 0.775. The summed E-state index contributed by atoms with van der Waals surface area (Å²) in [5.41, 5.74) is 9.85. The van der Waals surface area contributed by atoms with Crippen molar-refractivity contribution in [3.8, 4) is 0 Å². The number of rotatable bonds is 7. The van der Waals surface area contributed by atoms with Crippen molar-refractivity contribution in [2.24, 2.45) is 5.73 Å². The number of hydrogen-bond acceptors (Lipinski definition) is 4. The highest BCUT2D eigenvalue weighted by atomic mass is 16.5. The maximum atomic E-state index is 11.8. The van der Waals surface area contributed by atoms with Crippen LogP contribution in [0.15, 0.2) is 18.2 Å². The molecule has 1 fully saturated rings. The minimum atomic E-state index is -0.587. The van der Waals surface area contributed by atoms with Crippen LogP contribution in [0.3, 0.4) is 0 Å². The van der Waals surface area contributed by atoms with Crippen LogP contribution in [-0.2, 0) is 16.0 Å². The van der Waals surface area contributed by atoms with Gasteiger partial charge in [0.25, 0.3) is 0 Å². The van der Waals surface area contributed by atoms with Gasteiger partial charge >= 0.3 is 5.97 Å². The highest BCUT2D eigenvalue weighted by Crippen LogP contribution is 2.32. The summed E-state index contributed by atoms with van der Waals surface area (Å²) in [7, 11) is 0. The van der Waals surface area contributed by atoms with Crippen LogP contribution in [0, 0.1) is 0 Å². The van der Waals surface area contributed by atoms with Gasteiger partial charge in [-0.3, -0.25) is 4.79 Å². The maximum absolute atomic E-state index is 11.8. The second kappa shape index (κ2) is 9.07. The molecular formula is C20H32N2O2. The van der Waals surface area contributed by atoms with E-state index in [1.807, 2.05) is 0 Å². The Morgan fingerprint density at radius 1 is 1.25 bits per heavy atom. The molecule has 134 valence electrons. The monoisotopic (exact) mass is 332 g/mol. The van der Waals surface area contributed by atoms with Crippen molar-refractivity contribution >= 4 is 11.7 Å². The Bertz CT molecular complexity index is 538. The van der Waals surface area contributed by atoms with Crippen molar-refractivity contribution in [3.05, 3.63) is 29.3 Å². The average Bonchev–Trinajstić information content (AvgIpc) is 2.61. The van der Waals surface area contributed by atoms with Crippen molar-refractivity contribution in [3.63, 3.8) is 0 Å². The minimum Gasteiger partial charge on any atom is -0.465 e. The first kappa shape index (κ1) is 18.8. The largest absolute Gasteiger partial charge is 0.465 e. The Labute approximate surface area is 146 Å². The number of nitrogens with two attached hydrogens (primary N) is 1. The van der Waals surface area contributed by atoms with Gasteiger partial charge < -0.3 is 15.4 Å². The lowest BCUT2D eigenvalue weighted by molar-refractivity contribution is -0.144. The van der Waals surface area contributed by atoms with Gasteiger partial charge in [-0.05, 0) is 62.1 Å². The third kappa shape index (κ3) is 4.73. The number of anilines is 1. The Kier molecular flexibility index (Phi) is 7.10. The lowest BCUT2D eigenvalue weighted by Gasteiger charge is -2.32. The Balaban J connectivity index is 2.20. The van der Waals surface area contributed by atoms with E-state index < -0.39 is 6.04 Å². The molecule has 1 aromatic carbocycles. The Morgan fingerprint density at radius 2 is 1.96 bits per heavy atom. The SMILES string of the molecule is CCOC(=O)C(N)Cc1ccc(N2CCCCC2)c(C(C)CC)c1. The number of ether oxygens (including phenoxy) is 1. The molecular weight excluding hydrogens is 300 g/mol. The van der Waals surface area contributed by atoms with Crippen molar-refractivity contribution in [2.45, 2.75) is 64.8 Å². The maximum Gasteiger partial charge on any atom is 0.323 e. The summed E-state index contributed by atoms with van der Waals surface area (Å²) >= 11 is 0. The first-order chi connectivity index (χ1) is 11.6. The van der Waals surface area contributed by atoms with Crippen LogP contribution < -0.4 is 10.6 Å². The molecule has 1 aliphatic rings. The van der Waals surface area contributed by atoms with Crippen LogP contribution in [0.2, 0.25) is 0 Å². The highest BCUT2D eigenvalue weighted by Gasteiger charge is 2.20. The van der Waals surface area contributed by atoms with Crippen LogP contribution >= 0.6 is 0 Å². The van der Waals surface area contributed by atoms with Gasteiger partial charge in [-0.1, -0.05) is 26.0 Å². The van der Waals surface area contributed by atoms with Gasteiger partial charge in [0.2, 0.25) is 0 Å². The van der Waals surface area contributed by atoms with Gasteiger partial charge in [0, 0.05) is 18.8 Å².